The maximum atomic E-state index is 12.2. The number of anilines is 1. The lowest BCUT2D eigenvalue weighted by atomic mass is 10.1. The van der Waals surface area contributed by atoms with Crippen molar-refractivity contribution < 1.29 is 14.5 Å². The predicted molar refractivity (Wildman–Crippen MR) is 97.1 cm³/mol. The third-order valence-corrected chi connectivity index (χ3v) is 4.44. The van der Waals surface area contributed by atoms with E-state index in [-0.39, 0.29) is 23.4 Å². The van der Waals surface area contributed by atoms with Gasteiger partial charge in [0.1, 0.15) is 0 Å². The summed E-state index contributed by atoms with van der Waals surface area (Å²) in [6.45, 7) is 2.93. The van der Waals surface area contributed by atoms with Crippen LogP contribution in [0, 0.1) is 23.0 Å². The first-order valence-corrected chi connectivity index (χ1v) is 8.34. The van der Waals surface area contributed by atoms with Gasteiger partial charge in [0.2, 0.25) is 5.91 Å². The molecule has 0 aromatic heterocycles. The minimum Gasteiger partial charge on any atom is -0.352 e. The number of nitro benzene ring substituents is 1. The number of rotatable bonds is 5. The molecule has 2 aromatic carbocycles. The molecule has 134 valence electrons. The molecule has 1 aliphatic rings. The number of nitrogens with one attached hydrogen (secondary N) is 1. The Morgan fingerprint density at radius 3 is 2.46 bits per heavy atom. The highest BCUT2D eigenvalue weighted by Gasteiger charge is 2.30. The van der Waals surface area contributed by atoms with Gasteiger partial charge in [-0.1, -0.05) is 17.7 Å². The van der Waals surface area contributed by atoms with E-state index in [1.807, 2.05) is 31.2 Å². The molecule has 1 aliphatic heterocycles. The van der Waals surface area contributed by atoms with Crippen LogP contribution < -0.4 is 10.2 Å². The lowest BCUT2D eigenvalue weighted by Gasteiger charge is -2.17. The molecule has 1 heterocycles. The fourth-order valence-corrected chi connectivity index (χ4v) is 2.97. The smallest absolute Gasteiger partial charge is 0.269 e. The Kier molecular flexibility index (Phi) is 4.97. The Hall–Kier alpha value is -3.22. The summed E-state index contributed by atoms with van der Waals surface area (Å²) in [7, 11) is 0. The Labute approximate surface area is 150 Å². The van der Waals surface area contributed by atoms with E-state index < -0.39 is 4.92 Å². The van der Waals surface area contributed by atoms with E-state index in [1.165, 1.54) is 24.3 Å². The minimum absolute atomic E-state index is 0.0331. The van der Waals surface area contributed by atoms with Gasteiger partial charge in [-0.05, 0) is 31.2 Å². The largest absolute Gasteiger partial charge is 0.352 e. The lowest BCUT2D eigenvalue weighted by molar-refractivity contribution is -0.384. The van der Waals surface area contributed by atoms with E-state index in [0.29, 0.717) is 25.1 Å². The van der Waals surface area contributed by atoms with E-state index in [9.17, 15) is 19.7 Å². The van der Waals surface area contributed by atoms with Crippen LogP contribution in [0.25, 0.3) is 0 Å². The number of hydrogen-bond acceptors (Lipinski definition) is 4. The number of amides is 2. The zero-order chi connectivity index (χ0) is 18.7. The Bertz CT molecular complexity index is 831. The van der Waals surface area contributed by atoms with Crippen LogP contribution in [0.4, 0.5) is 11.4 Å². The van der Waals surface area contributed by atoms with Crippen LogP contribution in [0.1, 0.15) is 22.3 Å². The quantitative estimate of drug-likeness (QED) is 0.661. The van der Waals surface area contributed by atoms with Gasteiger partial charge in [0, 0.05) is 48.8 Å². The van der Waals surface area contributed by atoms with Crippen molar-refractivity contribution in [1.29, 1.82) is 0 Å². The summed E-state index contributed by atoms with van der Waals surface area (Å²) in [5.74, 6) is -0.227. The average Bonchev–Trinajstić information content (AvgIpc) is 3.01. The van der Waals surface area contributed by atoms with Gasteiger partial charge in [0.15, 0.2) is 0 Å². The monoisotopic (exact) mass is 353 g/mol. The van der Waals surface area contributed by atoms with E-state index in [4.69, 9.17) is 0 Å². The molecule has 1 unspecified atom stereocenters. The molecule has 0 bridgehead atoms. The molecule has 0 saturated carbocycles. The van der Waals surface area contributed by atoms with Crippen LogP contribution in [0.5, 0.6) is 0 Å². The number of nitro groups is 1. The minimum atomic E-state index is -0.508. The average molecular weight is 353 g/mol. The second kappa shape index (κ2) is 7.35. The van der Waals surface area contributed by atoms with Gasteiger partial charge in [-0.25, -0.2) is 0 Å². The first-order chi connectivity index (χ1) is 12.4. The molecule has 1 saturated heterocycles. The van der Waals surface area contributed by atoms with Gasteiger partial charge < -0.3 is 10.2 Å². The predicted octanol–water partition coefficient (Wildman–Crippen LogP) is 2.69. The van der Waals surface area contributed by atoms with Crippen molar-refractivity contribution in [1.82, 2.24) is 5.32 Å². The third-order valence-electron chi connectivity index (χ3n) is 4.44. The summed E-state index contributed by atoms with van der Waals surface area (Å²) >= 11 is 0. The number of nitrogens with zero attached hydrogens (tertiary/aromatic N) is 2. The van der Waals surface area contributed by atoms with Gasteiger partial charge in [-0.2, -0.15) is 0 Å². The lowest BCUT2D eigenvalue weighted by Crippen LogP contribution is -2.31. The maximum absolute atomic E-state index is 12.2. The molecule has 0 radical (unpaired) electrons. The van der Waals surface area contributed by atoms with Crippen LogP contribution in [0.15, 0.2) is 48.5 Å². The summed E-state index contributed by atoms with van der Waals surface area (Å²) in [4.78, 5) is 36.3. The first kappa shape index (κ1) is 17.6. The van der Waals surface area contributed by atoms with Crippen LogP contribution >= 0.6 is 0 Å². The molecule has 1 fully saturated rings. The molecule has 2 aromatic rings. The van der Waals surface area contributed by atoms with Crippen molar-refractivity contribution in [2.45, 2.75) is 13.3 Å². The standard InChI is InChI=1S/C19H19N3O4/c1-13-2-6-16(7-3-13)21-12-14(10-18(21)23)11-20-19(24)15-4-8-17(9-5-15)22(25)26/h2-9,14H,10-12H2,1H3,(H,20,24). The van der Waals surface area contributed by atoms with Crippen LogP contribution in [0.3, 0.4) is 0 Å². The number of aryl methyl sites for hydroxylation is 1. The fraction of sp³-hybridized carbons (Fsp3) is 0.263. The van der Waals surface area contributed by atoms with Crippen molar-refractivity contribution in [2.75, 3.05) is 18.0 Å². The highest BCUT2D eigenvalue weighted by molar-refractivity contribution is 5.96. The highest BCUT2D eigenvalue weighted by atomic mass is 16.6. The van der Waals surface area contributed by atoms with E-state index in [1.54, 1.807) is 4.90 Å². The van der Waals surface area contributed by atoms with Crippen LogP contribution in [-0.4, -0.2) is 29.8 Å². The molecule has 0 spiro atoms. The zero-order valence-electron chi connectivity index (χ0n) is 14.3. The molecular weight excluding hydrogens is 334 g/mol. The number of benzene rings is 2. The molecule has 1 N–H and O–H groups in total. The molecule has 7 heteroatoms. The SMILES string of the molecule is Cc1ccc(N2CC(CNC(=O)c3ccc([N+](=O)[O-])cc3)CC2=O)cc1. The Morgan fingerprint density at radius 1 is 1.19 bits per heavy atom. The van der Waals surface area contributed by atoms with E-state index in [2.05, 4.69) is 5.32 Å². The van der Waals surface area contributed by atoms with Crippen molar-refractivity contribution >= 4 is 23.2 Å². The zero-order valence-corrected chi connectivity index (χ0v) is 14.3. The summed E-state index contributed by atoms with van der Waals surface area (Å²) in [5, 5.41) is 13.5. The topological polar surface area (TPSA) is 92.6 Å². The number of hydrogen-bond donors (Lipinski definition) is 1. The van der Waals surface area contributed by atoms with Crippen molar-refractivity contribution in [3.05, 3.63) is 69.8 Å². The van der Waals surface area contributed by atoms with Gasteiger partial charge in [0.05, 0.1) is 4.92 Å². The van der Waals surface area contributed by atoms with Gasteiger partial charge in [-0.15, -0.1) is 0 Å². The third kappa shape index (κ3) is 3.88. The molecule has 1 atom stereocenters. The van der Waals surface area contributed by atoms with Gasteiger partial charge in [-0.3, -0.25) is 19.7 Å². The Morgan fingerprint density at radius 2 is 1.85 bits per heavy atom. The molecule has 7 nitrogen and oxygen atoms in total. The molecular formula is C19H19N3O4. The van der Waals surface area contributed by atoms with E-state index >= 15 is 0 Å². The van der Waals surface area contributed by atoms with Gasteiger partial charge in [0.25, 0.3) is 11.6 Å². The maximum Gasteiger partial charge on any atom is 0.269 e. The molecule has 3 rings (SSSR count). The normalized spacial score (nSPS) is 16.6. The van der Waals surface area contributed by atoms with Gasteiger partial charge >= 0.3 is 0 Å². The number of non-ortho nitro benzene ring substituents is 1. The van der Waals surface area contributed by atoms with Crippen molar-refractivity contribution in [3.63, 3.8) is 0 Å². The first-order valence-electron chi connectivity index (χ1n) is 8.34. The van der Waals surface area contributed by atoms with Crippen molar-refractivity contribution in [3.8, 4) is 0 Å². The van der Waals surface area contributed by atoms with Crippen molar-refractivity contribution in [2.24, 2.45) is 5.92 Å². The summed E-state index contributed by atoms with van der Waals surface area (Å²) in [6, 6.07) is 13.2. The second-order valence-corrected chi connectivity index (χ2v) is 6.42. The number of carbonyl (C=O) groups excluding carboxylic acids is 2. The second-order valence-electron chi connectivity index (χ2n) is 6.42. The summed E-state index contributed by atoms with van der Waals surface area (Å²) < 4.78 is 0. The number of carbonyl (C=O) groups is 2. The molecule has 26 heavy (non-hydrogen) atoms. The van der Waals surface area contributed by atoms with Crippen LogP contribution in [-0.2, 0) is 4.79 Å². The van der Waals surface area contributed by atoms with E-state index in [0.717, 1.165) is 11.3 Å². The summed E-state index contributed by atoms with van der Waals surface area (Å²) in [6.07, 6.45) is 0.383. The Balaban J connectivity index is 1.56. The highest BCUT2D eigenvalue weighted by Crippen LogP contribution is 2.25. The fourth-order valence-electron chi connectivity index (χ4n) is 2.97. The molecule has 0 aliphatic carbocycles. The molecule has 2 amide bonds. The van der Waals surface area contributed by atoms with Crippen LogP contribution in [0.2, 0.25) is 0 Å². The summed E-state index contributed by atoms with van der Waals surface area (Å²) in [5.41, 5.74) is 2.30.